The Labute approximate surface area is 91.8 Å². The molecule has 82 valence electrons. The Morgan fingerprint density at radius 3 is 1.53 bits per heavy atom. The lowest BCUT2D eigenvalue weighted by Gasteiger charge is -1.96. The molecular weight excluding hydrogens is 216 g/mol. The van der Waals surface area contributed by atoms with E-state index in [0.29, 0.717) is 9.75 Å². The summed E-state index contributed by atoms with van der Waals surface area (Å²) in [6.07, 6.45) is 0. The molecule has 15 heavy (non-hydrogen) atoms. The predicted octanol–water partition coefficient (Wildman–Crippen LogP) is 1.94. The standard InChI is InChI=1S/C10H12O4S/c1-5-6(2)8(10(12)14-4)15-7(5)9(11)13-3/h1-4H3. The van der Waals surface area contributed by atoms with E-state index in [1.54, 1.807) is 13.8 Å². The molecule has 0 saturated carbocycles. The molecule has 0 fully saturated rings. The van der Waals surface area contributed by atoms with E-state index in [1.807, 2.05) is 0 Å². The molecule has 0 amide bonds. The highest BCUT2D eigenvalue weighted by Crippen LogP contribution is 2.28. The van der Waals surface area contributed by atoms with Crippen LogP contribution in [0.15, 0.2) is 0 Å². The lowest BCUT2D eigenvalue weighted by molar-refractivity contribution is 0.0598. The van der Waals surface area contributed by atoms with Gasteiger partial charge < -0.3 is 9.47 Å². The Bertz CT molecular complexity index is 369. The van der Waals surface area contributed by atoms with Gasteiger partial charge in [-0.3, -0.25) is 0 Å². The lowest BCUT2D eigenvalue weighted by atomic mass is 10.1. The first-order valence-electron chi connectivity index (χ1n) is 4.29. The third kappa shape index (κ3) is 2.02. The first-order chi connectivity index (χ1) is 7.02. The van der Waals surface area contributed by atoms with Gasteiger partial charge >= 0.3 is 11.9 Å². The number of rotatable bonds is 2. The fourth-order valence-electron chi connectivity index (χ4n) is 1.17. The van der Waals surface area contributed by atoms with Crippen molar-refractivity contribution in [3.8, 4) is 0 Å². The number of methoxy groups -OCH3 is 2. The Morgan fingerprint density at radius 2 is 1.27 bits per heavy atom. The first-order valence-corrected chi connectivity index (χ1v) is 5.11. The number of thiophene rings is 1. The average molecular weight is 228 g/mol. The van der Waals surface area contributed by atoms with Gasteiger partial charge in [0.15, 0.2) is 0 Å². The first kappa shape index (κ1) is 11.7. The van der Waals surface area contributed by atoms with E-state index in [1.165, 1.54) is 14.2 Å². The van der Waals surface area contributed by atoms with Crippen molar-refractivity contribution in [2.45, 2.75) is 13.8 Å². The van der Waals surface area contributed by atoms with Gasteiger partial charge in [-0.2, -0.15) is 0 Å². The minimum Gasteiger partial charge on any atom is -0.465 e. The van der Waals surface area contributed by atoms with Crippen LogP contribution < -0.4 is 0 Å². The van der Waals surface area contributed by atoms with E-state index in [4.69, 9.17) is 0 Å². The Morgan fingerprint density at radius 1 is 0.933 bits per heavy atom. The summed E-state index contributed by atoms with van der Waals surface area (Å²) in [7, 11) is 2.63. The molecule has 0 spiro atoms. The van der Waals surface area contributed by atoms with Gasteiger partial charge in [-0.15, -0.1) is 11.3 Å². The van der Waals surface area contributed by atoms with E-state index < -0.39 is 11.9 Å². The molecule has 1 heterocycles. The monoisotopic (exact) mass is 228 g/mol. The summed E-state index contributed by atoms with van der Waals surface area (Å²) in [6, 6.07) is 0. The van der Waals surface area contributed by atoms with Gasteiger partial charge in [0, 0.05) is 0 Å². The van der Waals surface area contributed by atoms with Gasteiger partial charge in [0.25, 0.3) is 0 Å². The summed E-state index contributed by atoms with van der Waals surface area (Å²) >= 11 is 1.10. The van der Waals surface area contributed by atoms with Crippen LogP contribution in [0, 0.1) is 13.8 Å². The van der Waals surface area contributed by atoms with E-state index >= 15 is 0 Å². The second-order valence-corrected chi connectivity index (χ2v) is 4.01. The Hall–Kier alpha value is -1.36. The van der Waals surface area contributed by atoms with Crippen molar-refractivity contribution < 1.29 is 19.1 Å². The smallest absolute Gasteiger partial charge is 0.348 e. The maximum atomic E-state index is 11.3. The highest BCUT2D eigenvalue weighted by atomic mass is 32.1. The second kappa shape index (κ2) is 4.44. The second-order valence-electron chi connectivity index (χ2n) is 2.99. The quantitative estimate of drug-likeness (QED) is 0.726. The molecule has 1 aromatic heterocycles. The Kier molecular flexibility index (Phi) is 3.47. The van der Waals surface area contributed by atoms with E-state index in [-0.39, 0.29) is 0 Å². The van der Waals surface area contributed by atoms with Crippen molar-refractivity contribution in [1.29, 1.82) is 0 Å². The van der Waals surface area contributed by atoms with Crippen molar-refractivity contribution in [2.24, 2.45) is 0 Å². The van der Waals surface area contributed by atoms with Crippen molar-refractivity contribution in [3.63, 3.8) is 0 Å². The van der Waals surface area contributed by atoms with Crippen LogP contribution in [0.4, 0.5) is 0 Å². The maximum absolute atomic E-state index is 11.3. The van der Waals surface area contributed by atoms with Crippen LogP contribution in [0.1, 0.15) is 30.5 Å². The summed E-state index contributed by atoms with van der Waals surface area (Å²) in [5.41, 5.74) is 1.54. The molecule has 5 heteroatoms. The van der Waals surface area contributed by atoms with Crippen LogP contribution in [-0.4, -0.2) is 26.2 Å². The van der Waals surface area contributed by atoms with E-state index in [9.17, 15) is 9.59 Å². The number of hydrogen-bond donors (Lipinski definition) is 0. The number of ether oxygens (including phenoxy) is 2. The number of carbonyl (C=O) groups excluding carboxylic acids is 2. The zero-order valence-corrected chi connectivity index (χ0v) is 9.86. The molecule has 0 N–H and O–H groups in total. The molecular formula is C10H12O4S. The predicted molar refractivity (Wildman–Crippen MR) is 56.5 cm³/mol. The number of hydrogen-bond acceptors (Lipinski definition) is 5. The molecule has 0 aliphatic rings. The molecule has 0 radical (unpaired) electrons. The van der Waals surface area contributed by atoms with Crippen molar-refractivity contribution >= 4 is 23.3 Å². The maximum Gasteiger partial charge on any atom is 0.348 e. The third-order valence-corrected chi connectivity index (χ3v) is 3.54. The van der Waals surface area contributed by atoms with Crippen LogP contribution >= 0.6 is 11.3 Å². The van der Waals surface area contributed by atoms with Gasteiger partial charge in [0.2, 0.25) is 0 Å². The Balaban J connectivity index is 3.24. The molecule has 0 aliphatic heterocycles. The molecule has 0 aromatic carbocycles. The SMILES string of the molecule is COC(=O)c1sc(C(=O)OC)c(C)c1C. The molecule has 0 aliphatic carbocycles. The van der Waals surface area contributed by atoms with Crippen LogP contribution in [0.5, 0.6) is 0 Å². The third-order valence-electron chi connectivity index (χ3n) is 2.19. The molecule has 1 aromatic rings. The molecule has 0 unspecified atom stereocenters. The van der Waals surface area contributed by atoms with Gasteiger partial charge in [0.05, 0.1) is 14.2 Å². The van der Waals surface area contributed by atoms with Gasteiger partial charge in [0.1, 0.15) is 9.75 Å². The summed E-state index contributed by atoms with van der Waals surface area (Å²) in [6.45, 7) is 3.56. The van der Waals surface area contributed by atoms with Crippen LogP contribution in [0.3, 0.4) is 0 Å². The average Bonchev–Trinajstić information content (AvgIpc) is 2.54. The van der Waals surface area contributed by atoms with Crippen molar-refractivity contribution in [2.75, 3.05) is 14.2 Å². The highest BCUT2D eigenvalue weighted by molar-refractivity contribution is 7.16. The number of carbonyl (C=O) groups is 2. The van der Waals surface area contributed by atoms with Crippen molar-refractivity contribution in [1.82, 2.24) is 0 Å². The highest BCUT2D eigenvalue weighted by Gasteiger charge is 2.22. The molecule has 1 rings (SSSR count). The summed E-state index contributed by atoms with van der Waals surface area (Å²) < 4.78 is 9.24. The zero-order chi connectivity index (χ0) is 11.6. The van der Waals surface area contributed by atoms with Crippen LogP contribution in [0.2, 0.25) is 0 Å². The van der Waals surface area contributed by atoms with Crippen LogP contribution in [0.25, 0.3) is 0 Å². The lowest BCUT2D eigenvalue weighted by Crippen LogP contribution is -1.99. The summed E-state index contributed by atoms with van der Waals surface area (Å²) in [5.74, 6) is -0.841. The van der Waals surface area contributed by atoms with Gasteiger partial charge in [-0.25, -0.2) is 9.59 Å². The summed E-state index contributed by atoms with van der Waals surface area (Å²) in [4.78, 5) is 23.6. The fraction of sp³-hybridized carbons (Fsp3) is 0.400. The minimum absolute atomic E-state index is 0.421. The minimum atomic E-state index is -0.421. The molecule has 0 bridgehead atoms. The van der Waals surface area contributed by atoms with Crippen LogP contribution in [-0.2, 0) is 9.47 Å². The molecule has 4 nitrogen and oxygen atoms in total. The van der Waals surface area contributed by atoms with E-state index in [2.05, 4.69) is 9.47 Å². The van der Waals surface area contributed by atoms with Gasteiger partial charge in [-0.05, 0) is 25.0 Å². The fourth-order valence-corrected chi connectivity index (χ4v) is 2.32. The van der Waals surface area contributed by atoms with E-state index in [0.717, 1.165) is 22.5 Å². The van der Waals surface area contributed by atoms with Crippen molar-refractivity contribution in [3.05, 3.63) is 20.9 Å². The van der Waals surface area contributed by atoms with Gasteiger partial charge in [-0.1, -0.05) is 0 Å². The summed E-state index contributed by atoms with van der Waals surface area (Å²) in [5, 5.41) is 0. The largest absolute Gasteiger partial charge is 0.465 e. The number of esters is 2. The zero-order valence-electron chi connectivity index (χ0n) is 9.04. The topological polar surface area (TPSA) is 52.6 Å². The normalized spacial score (nSPS) is 9.87. The molecule has 0 atom stereocenters. The molecule has 0 saturated heterocycles.